The van der Waals surface area contributed by atoms with Gasteiger partial charge in [-0.15, -0.1) is 12.4 Å². The van der Waals surface area contributed by atoms with Crippen molar-refractivity contribution in [3.05, 3.63) is 22.7 Å². The van der Waals surface area contributed by atoms with Gasteiger partial charge < -0.3 is 15.5 Å². The lowest BCUT2D eigenvalue weighted by Gasteiger charge is -2.06. The average molecular weight is 238 g/mol. The van der Waals surface area contributed by atoms with Crippen molar-refractivity contribution in [2.45, 2.75) is 6.42 Å². The zero-order valence-corrected chi connectivity index (χ0v) is 9.32. The largest absolute Gasteiger partial charge is 0.504 e. The summed E-state index contributed by atoms with van der Waals surface area (Å²) in [4.78, 5) is 0. The summed E-state index contributed by atoms with van der Waals surface area (Å²) in [6, 6.07) is 3.14. The molecule has 5 heteroatoms. The summed E-state index contributed by atoms with van der Waals surface area (Å²) in [5.74, 6) is -0.423. The topological polar surface area (TPSA) is 52.5 Å². The first kappa shape index (κ1) is 13.4. The van der Waals surface area contributed by atoms with E-state index in [0.29, 0.717) is 0 Å². The second-order valence-corrected chi connectivity index (χ2v) is 3.14. The van der Waals surface area contributed by atoms with E-state index < -0.39 is 0 Å². The third-order valence-corrected chi connectivity index (χ3v) is 2.24. The number of halogens is 2. The summed E-state index contributed by atoms with van der Waals surface area (Å²) in [6.07, 6.45) is 0.725. The fourth-order valence-corrected chi connectivity index (χ4v) is 1.30. The quantitative estimate of drug-likeness (QED) is 0.705. The highest BCUT2D eigenvalue weighted by atomic mass is 35.5. The van der Waals surface area contributed by atoms with Crippen molar-refractivity contribution in [3.63, 3.8) is 0 Å². The van der Waals surface area contributed by atoms with Crippen LogP contribution in [0.15, 0.2) is 12.1 Å². The Balaban J connectivity index is 0.00000169. The SMILES string of the molecule is CNCCc1ccc(O)c(O)c1Cl.Cl. The van der Waals surface area contributed by atoms with Gasteiger partial charge in [-0.1, -0.05) is 17.7 Å². The third-order valence-electron chi connectivity index (χ3n) is 1.82. The van der Waals surface area contributed by atoms with E-state index in [0.717, 1.165) is 18.5 Å². The van der Waals surface area contributed by atoms with Gasteiger partial charge in [-0.2, -0.15) is 0 Å². The molecule has 0 amide bonds. The lowest BCUT2D eigenvalue weighted by atomic mass is 10.1. The van der Waals surface area contributed by atoms with E-state index in [1.54, 1.807) is 6.07 Å². The molecule has 1 rings (SSSR count). The van der Waals surface area contributed by atoms with Gasteiger partial charge in [0.25, 0.3) is 0 Å². The maximum Gasteiger partial charge on any atom is 0.176 e. The minimum atomic E-state index is -0.240. The first-order valence-electron chi connectivity index (χ1n) is 4.00. The Hall–Kier alpha value is -0.640. The highest BCUT2D eigenvalue weighted by Crippen LogP contribution is 2.35. The van der Waals surface area contributed by atoms with Crippen LogP contribution in [0.2, 0.25) is 5.02 Å². The zero-order valence-electron chi connectivity index (χ0n) is 7.75. The van der Waals surface area contributed by atoms with Crippen molar-refractivity contribution in [1.82, 2.24) is 5.32 Å². The van der Waals surface area contributed by atoms with Crippen molar-refractivity contribution in [1.29, 1.82) is 0 Å². The molecule has 1 aromatic rings. The first-order valence-corrected chi connectivity index (χ1v) is 4.38. The van der Waals surface area contributed by atoms with Crippen LogP contribution in [-0.4, -0.2) is 23.8 Å². The zero-order chi connectivity index (χ0) is 9.84. The summed E-state index contributed by atoms with van der Waals surface area (Å²) in [5.41, 5.74) is 0.825. The number of aromatic hydroxyl groups is 2. The molecule has 3 N–H and O–H groups in total. The molecule has 0 heterocycles. The summed E-state index contributed by atoms with van der Waals surface area (Å²) >= 11 is 5.80. The monoisotopic (exact) mass is 237 g/mol. The highest BCUT2D eigenvalue weighted by molar-refractivity contribution is 6.33. The molecule has 0 bridgehead atoms. The number of benzene rings is 1. The lowest BCUT2D eigenvalue weighted by Crippen LogP contribution is -2.10. The van der Waals surface area contributed by atoms with Gasteiger partial charge >= 0.3 is 0 Å². The molecule has 0 aliphatic carbocycles. The summed E-state index contributed by atoms with van der Waals surface area (Å²) in [6.45, 7) is 0.782. The maximum atomic E-state index is 9.28. The molecule has 80 valence electrons. The first-order chi connectivity index (χ1) is 6.16. The molecule has 0 unspecified atom stereocenters. The molecule has 3 nitrogen and oxygen atoms in total. The molecule has 1 aromatic carbocycles. The lowest BCUT2D eigenvalue weighted by molar-refractivity contribution is 0.403. The Morgan fingerprint density at radius 1 is 1.36 bits per heavy atom. The van der Waals surface area contributed by atoms with Crippen LogP contribution in [0.25, 0.3) is 0 Å². The second-order valence-electron chi connectivity index (χ2n) is 2.76. The van der Waals surface area contributed by atoms with Gasteiger partial charge in [-0.3, -0.25) is 0 Å². The number of hydrogen-bond acceptors (Lipinski definition) is 3. The smallest absolute Gasteiger partial charge is 0.176 e. The Kier molecular flexibility index (Phi) is 5.69. The Morgan fingerprint density at radius 3 is 2.57 bits per heavy atom. The molecule has 14 heavy (non-hydrogen) atoms. The fourth-order valence-electron chi connectivity index (χ4n) is 1.05. The van der Waals surface area contributed by atoms with E-state index in [1.807, 2.05) is 7.05 Å². The molecule has 0 fully saturated rings. The molecule has 0 aromatic heterocycles. The molecule has 0 saturated heterocycles. The van der Waals surface area contributed by atoms with E-state index >= 15 is 0 Å². The molecule has 0 saturated carbocycles. The Labute approximate surface area is 94.1 Å². The van der Waals surface area contributed by atoms with Crippen molar-refractivity contribution in [2.75, 3.05) is 13.6 Å². The average Bonchev–Trinajstić information content (AvgIpc) is 2.13. The molecule has 0 radical (unpaired) electrons. The number of rotatable bonds is 3. The van der Waals surface area contributed by atoms with E-state index in [-0.39, 0.29) is 28.9 Å². The van der Waals surface area contributed by atoms with Crippen molar-refractivity contribution >= 4 is 24.0 Å². The van der Waals surface area contributed by atoms with E-state index in [2.05, 4.69) is 5.32 Å². The molecular weight excluding hydrogens is 225 g/mol. The van der Waals surface area contributed by atoms with Crippen LogP contribution in [0, 0.1) is 0 Å². The predicted octanol–water partition coefficient (Wildman–Crippen LogP) is 1.93. The van der Waals surface area contributed by atoms with E-state index in [4.69, 9.17) is 16.7 Å². The van der Waals surface area contributed by atoms with Gasteiger partial charge in [0.2, 0.25) is 0 Å². The van der Waals surface area contributed by atoms with Crippen LogP contribution < -0.4 is 5.32 Å². The summed E-state index contributed by atoms with van der Waals surface area (Å²) in [7, 11) is 1.84. The Morgan fingerprint density at radius 2 is 2.00 bits per heavy atom. The van der Waals surface area contributed by atoms with Gasteiger partial charge in [0.05, 0.1) is 5.02 Å². The fraction of sp³-hybridized carbons (Fsp3) is 0.333. The summed E-state index contributed by atoms with van der Waals surface area (Å²) in [5, 5.41) is 21.6. The van der Waals surface area contributed by atoms with Crippen molar-refractivity contribution in [2.24, 2.45) is 0 Å². The minimum absolute atomic E-state index is 0. The van der Waals surface area contributed by atoms with Crippen LogP contribution in [0.3, 0.4) is 0 Å². The minimum Gasteiger partial charge on any atom is -0.504 e. The highest BCUT2D eigenvalue weighted by Gasteiger charge is 2.08. The van der Waals surface area contributed by atoms with Crippen LogP contribution in [0.4, 0.5) is 0 Å². The standard InChI is InChI=1S/C9H12ClNO2.ClH/c1-11-5-4-6-2-3-7(12)9(13)8(6)10;/h2-3,11-13H,4-5H2,1H3;1H. The van der Waals surface area contributed by atoms with Crippen LogP contribution >= 0.6 is 24.0 Å². The Bertz CT molecular complexity index is 305. The van der Waals surface area contributed by atoms with Crippen LogP contribution in [0.5, 0.6) is 11.5 Å². The molecular formula is C9H13Cl2NO2. The third kappa shape index (κ3) is 2.94. The predicted molar refractivity (Wildman–Crippen MR) is 59.7 cm³/mol. The van der Waals surface area contributed by atoms with Gasteiger partial charge in [0, 0.05) is 0 Å². The van der Waals surface area contributed by atoms with Crippen LogP contribution in [-0.2, 0) is 6.42 Å². The number of phenols is 2. The van der Waals surface area contributed by atoms with Crippen molar-refractivity contribution < 1.29 is 10.2 Å². The van der Waals surface area contributed by atoms with E-state index in [9.17, 15) is 5.11 Å². The molecule has 0 spiro atoms. The van der Waals surface area contributed by atoms with Gasteiger partial charge in [-0.05, 0) is 31.6 Å². The number of likely N-dealkylation sites (N-methyl/N-ethyl adjacent to an activating group) is 1. The second kappa shape index (κ2) is 5.96. The van der Waals surface area contributed by atoms with Gasteiger partial charge in [0.15, 0.2) is 11.5 Å². The van der Waals surface area contributed by atoms with Gasteiger partial charge in [-0.25, -0.2) is 0 Å². The molecule has 0 aliphatic rings. The maximum absolute atomic E-state index is 9.28. The molecule has 0 atom stereocenters. The van der Waals surface area contributed by atoms with Gasteiger partial charge in [0.1, 0.15) is 0 Å². The number of hydrogen-bond donors (Lipinski definition) is 3. The summed E-state index contributed by atoms with van der Waals surface area (Å²) < 4.78 is 0. The number of phenolic OH excluding ortho intramolecular Hbond substituents is 2. The van der Waals surface area contributed by atoms with Crippen molar-refractivity contribution in [3.8, 4) is 11.5 Å². The number of nitrogens with one attached hydrogen (secondary N) is 1. The van der Waals surface area contributed by atoms with E-state index in [1.165, 1.54) is 6.07 Å². The normalized spacial score (nSPS) is 9.57. The molecule has 0 aliphatic heterocycles. The van der Waals surface area contributed by atoms with Crippen LogP contribution in [0.1, 0.15) is 5.56 Å².